The number of aliphatic hydroxyl groups excluding tert-OH is 1. The molecule has 3 rings (SSSR count). The summed E-state index contributed by atoms with van der Waals surface area (Å²) in [4.78, 5) is 43.5. The molecule has 1 saturated heterocycles. The SMILES string of the molecule is CC(C)(C)OC(=O)NCc1cnc(N2CCN(c3ncc(C(=O)O)c(N)n3)[C@@H](CO)C2)nc1. The first-order valence-corrected chi connectivity index (χ1v) is 10.3. The average Bonchev–Trinajstić information content (AvgIpc) is 2.76. The van der Waals surface area contributed by atoms with E-state index in [-0.39, 0.29) is 36.5 Å². The molecule has 1 aliphatic rings. The number of aromatic nitrogens is 4. The van der Waals surface area contributed by atoms with Crippen molar-refractivity contribution in [3.05, 3.63) is 29.7 Å². The molecule has 0 radical (unpaired) electrons. The fourth-order valence-electron chi connectivity index (χ4n) is 3.24. The minimum Gasteiger partial charge on any atom is -0.477 e. The molecule has 0 aliphatic carbocycles. The summed E-state index contributed by atoms with van der Waals surface area (Å²) in [6.45, 7) is 6.78. The number of nitrogens with zero attached hydrogens (tertiary/aromatic N) is 6. The number of piperazine rings is 1. The number of nitrogens with two attached hydrogens (primary N) is 1. The van der Waals surface area contributed by atoms with E-state index in [1.165, 1.54) is 0 Å². The molecule has 178 valence electrons. The Morgan fingerprint density at radius 2 is 1.85 bits per heavy atom. The summed E-state index contributed by atoms with van der Waals surface area (Å²) < 4.78 is 5.20. The van der Waals surface area contributed by atoms with Crippen LogP contribution in [0.2, 0.25) is 0 Å². The van der Waals surface area contributed by atoms with Crippen molar-refractivity contribution in [2.45, 2.75) is 39.0 Å². The summed E-state index contributed by atoms with van der Waals surface area (Å²) in [5.74, 6) is -0.605. The van der Waals surface area contributed by atoms with E-state index in [1.807, 2.05) is 4.90 Å². The summed E-state index contributed by atoms with van der Waals surface area (Å²) in [6, 6.07) is -0.370. The minimum atomic E-state index is -1.20. The molecule has 0 spiro atoms. The number of amides is 1. The van der Waals surface area contributed by atoms with Crippen molar-refractivity contribution in [1.29, 1.82) is 0 Å². The highest BCUT2D eigenvalue weighted by molar-refractivity contribution is 5.92. The zero-order valence-electron chi connectivity index (χ0n) is 18.7. The van der Waals surface area contributed by atoms with Gasteiger partial charge in [-0.3, -0.25) is 0 Å². The molecule has 33 heavy (non-hydrogen) atoms. The van der Waals surface area contributed by atoms with E-state index < -0.39 is 17.7 Å². The molecule has 2 aromatic heterocycles. The van der Waals surface area contributed by atoms with Gasteiger partial charge < -0.3 is 35.8 Å². The summed E-state index contributed by atoms with van der Waals surface area (Å²) in [7, 11) is 0. The van der Waals surface area contributed by atoms with Crippen LogP contribution in [-0.4, -0.2) is 80.1 Å². The zero-order chi connectivity index (χ0) is 24.2. The van der Waals surface area contributed by atoms with E-state index in [2.05, 4.69) is 25.3 Å². The number of carboxylic acid groups (broad SMARTS) is 1. The van der Waals surface area contributed by atoms with Crippen LogP contribution < -0.4 is 20.9 Å². The number of carboxylic acids is 1. The van der Waals surface area contributed by atoms with Gasteiger partial charge in [0.1, 0.15) is 17.0 Å². The van der Waals surface area contributed by atoms with Crippen LogP contribution in [0, 0.1) is 0 Å². The van der Waals surface area contributed by atoms with E-state index in [0.29, 0.717) is 31.1 Å². The Morgan fingerprint density at radius 3 is 2.42 bits per heavy atom. The lowest BCUT2D eigenvalue weighted by Gasteiger charge is -2.40. The molecule has 13 heteroatoms. The number of aromatic carboxylic acids is 1. The normalized spacial score (nSPS) is 16.4. The highest BCUT2D eigenvalue weighted by Gasteiger charge is 2.30. The van der Waals surface area contributed by atoms with Gasteiger partial charge in [0.2, 0.25) is 11.9 Å². The summed E-state index contributed by atoms with van der Waals surface area (Å²) >= 11 is 0. The van der Waals surface area contributed by atoms with Crippen LogP contribution in [0.4, 0.5) is 22.5 Å². The second-order valence-electron chi connectivity index (χ2n) is 8.50. The van der Waals surface area contributed by atoms with Crippen molar-refractivity contribution >= 4 is 29.8 Å². The predicted octanol–water partition coefficient (Wildman–Crippen LogP) is 0.259. The summed E-state index contributed by atoms with van der Waals surface area (Å²) in [6.07, 6.45) is 3.88. The molecule has 1 aliphatic heterocycles. The van der Waals surface area contributed by atoms with Crippen molar-refractivity contribution in [3.8, 4) is 0 Å². The first-order chi connectivity index (χ1) is 15.6. The molecule has 5 N–H and O–H groups in total. The minimum absolute atomic E-state index is 0.134. The third-order valence-corrected chi connectivity index (χ3v) is 4.80. The van der Waals surface area contributed by atoms with Gasteiger partial charge in [-0.15, -0.1) is 0 Å². The van der Waals surface area contributed by atoms with E-state index in [1.54, 1.807) is 38.1 Å². The van der Waals surface area contributed by atoms with Gasteiger partial charge in [-0.25, -0.2) is 24.5 Å². The Balaban J connectivity index is 1.62. The Kier molecular flexibility index (Phi) is 7.11. The molecule has 13 nitrogen and oxygen atoms in total. The number of hydrogen-bond donors (Lipinski definition) is 4. The Morgan fingerprint density at radius 1 is 1.18 bits per heavy atom. The lowest BCUT2D eigenvalue weighted by atomic mass is 10.2. The number of nitrogen functional groups attached to an aromatic ring is 1. The van der Waals surface area contributed by atoms with Gasteiger partial charge in [-0.05, 0) is 20.8 Å². The monoisotopic (exact) mass is 460 g/mol. The maximum absolute atomic E-state index is 11.8. The van der Waals surface area contributed by atoms with Crippen LogP contribution in [0.15, 0.2) is 18.6 Å². The molecule has 1 fully saturated rings. The van der Waals surface area contributed by atoms with E-state index in [0.717, 1.165) is 6.20 Å². The van der Waals surface area contributed by atoms with Gasteiger partial charge in [0.15, 0.2) is 0 Å². The van der Waals surface area contributed by atoms with Crippen molar-refractivity contribution in [3.63, 3.8) is 0 Å². The van der Waals surface area contributed by atoms with E-state index in [9.17, 15) is 14.7 Å². The second-order valence-corrected chi connectivity index (χ2v) is 8.50. The van der Waals surface area contributed by atoms with Crippen LogP contribution in [0.25, 0.3) is 0 Å². The number of alkyl carbamates (subject to hydrolysis) is 1. The fraction of sp³-hybridized carbons (Fsp3) is 0.500. The number of aliphatic hydroxyl groups is 1. The molecule has 0 saturated carbocycles. The molecule has 0 aromatic carbocycles. The lowest BCUT2D eigenvalue weighted by Crippen LogP contribution is -2.56. The Hall–Kier alpha value is -3.74. The van der Waals surface area contributed by atoms with Crippen LogP contribution in [-0.2, 0) is 11.3 Å². The number of carbonyl (C=O) groups excluding carboxylic acids is 1. The van der Waals surface area contributed by atoms with Crippen molar-refractivity contribution in [1.82, 2.24) is 25.3 Å². The third kappa shape index (κ3) is 6.16. The van der Waals surface area contributed by atoms with Gasteiger partial charge in [0, 0.05) is 50.3 Å². The highest BCUT2D eigenvalue weighted by Crippen LogP contribution is 2.21. The topological polar surface area (TPSA) is 180 Å². The molecule has 3 heterocycles. The zero-order valence-corrected chi connectivity index (χ0v) is 18.7. The van der Waals surface area contributed by atoms with Crippen molar-refractivity contribution in [2.24, 2.45) is 0 Å². The van der Waals surface area contributed by atoms with E-state index >= 15 is 0 Å². The second kappa shape index (κ2) is 9.81. The molecule has 0 unspecified atom stereocenters. The van der Waals surface area contributed by atoms with Gasteiger partial charge in [-0.2, -0.15) is 4.98 Å². The number of nitrogens with one attached hydrogen (secondary N) is 1. The highest BCUT2D eigenvalue weighted by atomic mass is 16.6. The Labute approximate surface area is 190 Å². The summed E-state index contributed by atoms with van der Waals surface area (Å²) in [5, 5.41) is 21.6. The van der Waals surface area contributed by atoms with Crippen LogP contribution in [0.1, 0.15) is 36.7 Å². The van der Waals surface area contributed by atoms with Crippen LogP contribution >= 0.6 is 0 Å². The summed E-state index contributed by atoms with van der Waals surface area (Å²) in [5.41, 5.74) is 5.70. The number of ether oxygens (including phenoxy) is 1. The first-order valence-electron chi connectivity index (χ1n) is 10.3. The van der Waals surface area contributed by atoms with E-state index in [4.69, 9.17) is 15.6 Å². The largest absolute Gasteiger partial charge is 0.477 e. The van der Waals surface area contributed by atoms with Gasteiger partial charge in [0.05, 0.1) is 12.6 Å². The maximum atomic E-state index is 11.8. The lowest BCUT2D eigenvalue weighted by molar-refractivity contribution is 0.0523. The van der Waals surface area contributed by atoms with Crippen LogP contribution in [0.5, 0.6) is 0 Å². The maximum Gasteiger partial charge on any atom is 0.407 e. The predicted molar refractivity (Wildman–Crippen MR) is 119 cm³/mol. The van der Waals surface area contributed by atoms with Crippen molar-refractivity contribution in [2.75, 3.05) is 41.8 Å². The Bertz CT molecular complexity index is 995. The number of carbonyl (C=O) groups is 2. The van der Waals surface area contributed by atoms with Crippen molar-refractivity contribution < 1.29 is 24.5 Å². The van der Waals surface area contributed by atoms with Gasteiger partial charge in [-0.1, -0.05) is 0 Å². The standard InChI is InChI=1S/C20H28N8O5/c1-20(2,3)33-19(32)25-8-12-6-22-17(23-7-12)27-4-5-28(13(10-27)11-29)18-24-9-14(16(30)31)15(21)26-18/h6-7,9,13,29H,4-5,8,10-11H2,1-3H3,(H,25,32)(H,30,31)(H2,21,24,26)/t13-/m1/s1. The average molecular weight is 460 g/mol. The quantitative estimate of drug-likeness (QED) is 0.462. The van der Waals surface area contributed by atoms with Gasteiger partial charge >= 0.3 is 12.1 Å². The number of hydrogen-bond acceptors (Lipinski definition) is 11. The fourth-order valence-corrected chi connectivity index (χ4v) is 3.24. The molecule has 1 amide bonds. The number of rotatable bonds is 6. The smallest absolute Gasteiger partial charge is 0.407 e. The van der Waals surface area contributed by atoms with Crippen LogP contribution in [0.3, 0.4) is 0 Å². The first kappa shape index (κ1) is 23.9. The van der Waals surface area contributed by atoms with Gasteiger partial charge in [0.25, 0.3) is 0 Å². The molecular weight excluding hydrogens is 432 g/mol. The molecule has 0 bridgehead atoms. The molecular formula is C20H28N8O5. The molecule has 1 atom stereocenters. The number of anilines is 3. The molecule has 2 aromatic rings. The third-order valence-electron chi connectivity index (χ3n) is 4.80.